The van der Waals surface area contributed by atoms with Crippen LogP contribution in [0.4, 0.5) is 13.2 Å². The Morgan fingerprint density at radius 2 is 2.08 bits per heavy atom. The molecule has 0 saturated carbocycles. The van der Waals surface area contributed by atoms with Gasteiger partial charge < -0.3 is 15.4 Å². The van der Waals surface area contributed by atoms with E-state index in [-0.39, 0.29) is 12.4 Å². The first-order valence-electron chi connectivity index (χ1n) is 8.01. The van der Waals surface area contributed by atoms with Gasteiger partial charge in [0.1, 0.15) is 0 Å². The van der Waals surface area contributed by atoms with E-state index in [1.165, 1.54) is 6.20 Å². The molecule has 0 aliphatic rings. The fraction of sp³-hybridized carbons (Fsp3) is 0.438. The number of ether oxygens (including phenoxy) is 1. The quantitative estimate of drug-likeness (QED) is 0.576. The molecule has 2 rings (SSSR count). The number of halogens is 3. The normalized spacial score (nSPS) is 12.1. The van der Waals surface area contributed by atoms with Crippen LogP contribution in [0.1, 0.15) is 18.2 Å². The molecule has 0 amide bonds. The van der Waals surface area contributed by atoms with Crippen LogP contribution in [-0.4, -0.2) is 40.1 Å². The number of rotatable bonds is 7. The summed E-state index contributed by atoms with van der Waals surface area (Å²) >= 11 is 0. The molecule has 2 N–H and O–H groups in total. The number of aryl methyl sites for hydroxylation is 1. The summed E-state index contributed by atoms with van der Waals surface area (Å²) in [5, 5.41) is 10.3. The van der Waals surface area contributed by atoms with E-state index in [9.17, 15) is 13.2 Å². The summed E-state index contributed by atoms with van der Waals surface area (Å²) in [5.74, 6) is 0.454. The highest BCUT2D eigenvalue weighted by Crippen LogP contribution is 2.20. The molecule has 0 saturated heterocycles. The third-order valence-corrected chi connectivity index (χ3v) is 3.33. The Morgan fingerprint density at radius 3 is 2.73 bits per heavy atom. The van der Waals surface area contributed by atoms with Crippen LogP contribution in [0.2, 0.25) is 0 Å². The van der Waals surface area contributed by atoms with Gasteiger partial charge in [-0.3, -0.25) is 4.68 Å². The first kappa shape index (κ1) is 19.5. The number of aliphatic imine (C=N–C) groups is 1. The molecule has 0 aliphatic heterocycles. The topological polar surface area (TPSA) is 76.4 Å². The third kappa shape index (κ3) is 6.26. The van der Waals surface area contributed by atoms with Gasteiger partial charge in [0.25, 0.3) is 0 Å². The van der Waals surface area contributed by atoms with Crippen molar-refractivity contribution in [3.63, 3.8) is 0 Å². The first-order valence-corrected chi connectivity index (χ1v) is 8.01. The first-order chi connectivity index (χ1) is 12.4. The molecular weight excluding hydrogens is 349 g/mol. The van der Waals surface area contributed by atoms with Crippen LogP contribution in [0, 0.1) is 0 Å². The van der Waals surface area contributed by atoms with E-state index < -0.39 is 12.8 Å². The summed E-state index contributed by atoms with van der Waals surface area (Å²) in [6, 6.07) is 5.13. The molecule has 10 heteroatoms. The van der Waals surface area contributed by atoms with Gasteiger partial charge in [-0.1, -0.05) is 6.07 Å². The summed E-state index contributed by atoms with van der Waals surface area (Å²) in [6.07, 6.45) is -1.34. The van der Waals surface area contributed by atoms with Crippen molar-refractivity contribution in [2.75, 3.05) is 13.2 Å². The van der Waals surface area contributed by atoms with E-state index in [1.807, 2.05) is 20.0 Å². The van der Waals surface area contributed by atoms with Gasteiger partial charge in [0.2, 0.25) is 5.88 Å². The number of guanidine groups is 1. The van der Waals surface area contributed by atoms with Crippen LogP contribution in [-0.2, 0) is 20.1 Å². The summed E-state index contributed by atoms with van der Waals surface area (Å²) < 4.78 is 43.6. The van der Waals surface area contributed by atoms with Gasteiger partial charge in [-0.15, -0.1) is 0 Å². The summed E-state index contributed by atoms with van der Waals surface area (Å²) in [6.45, 7) is 1.80. The fourth-order valence-corrected chi connectivity index (χ4v) is 2.08. The van der Waals surface area contributed by atoms with Gasteiger partial charge in [-0.05, 0) is 19.1 Å². The number of pyridine rings is 1. The molecule has 2 aromatic heterocycles. The minimum atomic E-state index is -4.42. The highest BCUT2D eigenvalue weighted by molar-refractivity contribution is 5.79. The third-order valence-electron chi connectivity index (χ3n) is 3.33. The van der Waals surface area contributed by atoms with Crippen molar-refractivity contribution in [1.29, 1.82) is 0 Å². The van der Waals surface area contributed by atoms with Crippen molar-refractivity contribution in [1.82, 2.24) is 25.4 Å². The Labute approximate surface area is 149 Å². The maximum atomic E-state index is 12.3. The molecule has 0 spiro atoms. The fourth-order valence-electron chi connectivity index (χ4n) is 2.08. The second-order valence-corrected chi connectivity index (χ2v) is 5.37. The number of alkyl halides is 3. The Morgan fingerprint density at radius 1 is 1.27 bits per heavy atom. The maximum Gasteiger partial charge on any atom is 0.422 e. The van der Waals surface area contributed by atoms with Crippen LogP contribution in [0.25, 0.3) is 0 Å². The molecule has 0 radical (unpaired) electrons. The van der Waals surface area contributed by atoms with Crippen LogP contribution in [0.5, 0.6) is 5.88 Å². The van der Waals surface area contributed by atoms with Crippen molar-refractivity contribution >= 4 is 5.96 Å². The predicted octanol–water partition coefficient (Wildman–Crippen LogP) is 2.01. The van der Waals surface area contributed by atoms with Gasteiger partial charge in [0.15, 0.2) is 12.6 Å². The highest BCUT2D eigenvalue weighted by atomic mass is 19.4. The predicted molar refractivity (Wildman–Crippen MR) is 90.7 cm³/mol. The maximum absolute atomic E-state index is 12.3. The number of nitrogens with zero attached hydrogens (tertiary/aromatic N) is 4. The lowest BCUT2D eigenvalue weighted by Crippen LogP contribution is -2.37. The van der Waals surface area contributed by atoms with Crippen LogP contribution < -0.4 is 15.4 Å². The van der Waals surface area contributed by atoms with E-state index in [0.29, 0.717) is 24.6 Å². The SMILES string of the molecule is CCNC(=NCc1cccnc1OCC(F)(F)F)NCc1ccnn1C. The molecule has 26 heavy (non-hydrogen) atoms. The molecule has 7 nitrogen and oxygen atoms in total. The summed E-state index contributed by atoms with van der Waals surface area (Å²) in [5.41, 5.74) is 1.43. The van der Waals surface area contributed by atoms with E-state index in [1.54, 1.807) is 23.0 Å². The Bertz CT molecular complexity index is 729. The van der Waals surface area contributed by atoms with Crippen LogP contribution in [0.15, 0.2) is 35.6 Å². The Kier molecular flexibility index (Phi) is 6.81. The number of aromatic nitrogens is 3. The van der Waals surface area contributed by atoms with E-state index in [0.717, 1.165) is 5.69 Å². The lowest BCUT2D eigenvalue weighted by Gasteiger charge is -2.13. The Hall–Kier alpha value is -2.78. The minimum Gasteiger partial charge on any atom is -0.468 e. The smallest absolute Gasteiger partial charge is 0.422 e. The van der Waals surface area contributed by atoms with Crippen LogP contribution >= 0.6 is 0 Å². The Balaban J connectivity index is 2.03. The van der Waals surface area contributed by atoms with E-state index in [2.05, 4.69) is 25.7 Å². The van der Waals surface area contributed by atoms with E-state index >= 15 is 0 Å². The zero-order valence-corrected chi connectivity index (χ0v) is 14.5. The molecule has 0 unspecified atom stereocenters. The molecule has 0 aliphatic carbocycles. The monoisotopic (exact) mass is 370 g/mol. The molecule has 2 aromatic rings. The molecular formula is C16H21F3N6O. The zero-order valence-electron chi connectivity index (χ0n) is 14.5. The molecule has 0 fully saturated rings. The van der Waals surface area contributed by atoms with Crippen molar-refractivity contribution in [2.45, 2.75) is 26.2 Å². The van der Waals surface area contributed by atoms with Crippen molar-refractivity contribution < 1.29 is 17.9 Å². The largest absolute Gasteiger partial charge is 0.468 e. The number of nitrogens with one attached hydrogen (secondary N) is 2. The highest BCUT2D eigenvalue weighted by Gasteiger charge is 2.29. The van der Waals surface area contributed by atoms with Gasteiger partial charge in [0.05, 0.1) is 18.8 Å². The van der Waals surface area contributed by atoms with E-state index in [4.69, 9.17) is 4.74 Å². The van der Waals surface area contributed by atoms with Crippen molar-refractivity contribution in [3.05, 3.63) is 41.9 Å². The number of hydrogen-bond acceptors (Lipinski definition) is 4. The van der Waals surface area contributed by atoms with Crippen LogP contribution in [0.3, 0.4) is 0 Å². The lowest BCUT2D eigenvalue weighted by molar-refractivity contribution is -0.154. The molecule has 0 aromatic carbocycles. The molecule has 142 valence electrons. The average Bonchev–Trinajstić information content (AvgIpc) is 3.00. The van der Waals surface area contributed by atoms with Gasteiger partial charge >= 0.3 is 6.18 Å². The van der Waals surface area contributed by atoms with Crippen molar-refractivity contribution in [3.8, 4) is 5.88 Å². The van der Waals surface area contributed by atoms with Gasteiger partial charge in [-0.2, -0.15) is 18.3 Å². The standard InChI is InChI=1S/C16H21F3N6O/c1-3-20-15(23-10-13-6-8-24-25(13)2)22-9-12-5-4-7-21-14(12)26-11-16(17,18)19/h4-8H,3,9-11H2,1-2H3,(H2,20,22,23). The molecule has 0 atom stereocenters. The molecule has 2 heterocycles. The second-order valence-electron chi connectivity index (χ2n) is 5.37. The second kappa shape index (κ2) is 9.07. The van der Waals surface area contributed by atoms with Gasteiger partial charge in [-0.25, -0.2) is 9.98 Å². The number of hydrogen-bond donors (Lipinski definition) is 2. The average molecular weight is 370 g/mol. The lowest BCUT2D eigenvalue weighted by atomic mass is 10.3. The van der Waals surface area contributed by atoms with Gasteiger partial charge in [0, 0.05) is 31.5 Å². The zero-order chi connectivity index (χ0) is 19.0. The summed E-state index contributed by atoms with van der Waals surface area (Å²) in [4.78, 5) is 8.24. The van der Waals surface area contributed by atoms with Crippen molar-refractivity contribution in [2.24, 2.45) is 12.0 Å². The summed E-state index contributed by atoms with van der Waals surface area (Å²) in [7, 11) is 1.83. The molecule has 0 bridgehead atoms. The minimum absolute atomic E-state index is 0.0731.